The number of nitrogen functional groups attached to an aromatic ring is 1. The third kappa shape index (κ3) is 1.92. The molecule has 0 amide bonds. The van der Waals surface area contributed by atoms with Gasteiger partial charge < -0.3 is 10.3 Å². The lowest BCUT2D eigenvalue weighted by Crippen LogP contribution is -2.00. The average molecular weight is 239 g/mol. The maximum atomic E-state index is 6.08. The first-order valence-electron chi connectivity index (χ1n) is 6.31. The van der Waals surface area contributed by atoms with Gasteiger partial charge >= 0.3 is 0 Å². The van der Waals surface area contributed by atoms with Gasteiger partial charge in [0.15, 0.2) is 0 Å². The minimum Gasteiger partial charge on any atom is -0.383 e. The van der Waals surface area contributed by atoms with Gasteiger partial charge in [-0.3, -0.25) is 0 Å². The second-order valence-electron chi connectivity index (χ2n) is 4.82. The number of hydrogen-bond acceptors (Lipinski definition) is 2. The molecule has 1 aliphatic carbocycles. The molecule has 0 radical (unpaired) electrons. The largest absolute Gasteiger partial charge is 0.383 e. The smallest absolute Gasteiger partial charge is 0.131 e. The summed E-state index contributed by atoms with van der Waals surface area (Å²) in [6, 6.07) is 8.62. The molecule has 1 fully saturated rings. The monoisotopic (exact) mass is 239 g/mol. The first-order chi connectivity index (χ1) is 8.79. The predicted molar refractivity (Wildman–Crippen MR) is 74.2 cm³/mol. The van der Waals surface area contributed by atoms with E-state index in [-0.39, 0.29) is 0 Å². The van der Waals surface area contributed by atoms with Crippen LogP contribution in [0.3, 0.4) is 0 Å². The Balaban J connectivity index is 1.91. The zero-order chi connectivity index (χ0) is 12.5. The Labute approximate surface area is 107 Å². The van der Waals surface area contributed by atoms with E-state index in [1.165, 1.54) is 18.4 Å². The molecule has 3 nitrogen and oxygen atoms in total. The highest BCUT2D eigenvalue weighted by molar-refractivity contribution is 5.70. The number of anilines is 1. The minimum atomic E-state index is 0.693. The summed E-state index contributed by atoms with van der Waals surface area (Å²) in [7, 11) is 0. The maximum Gasteiger partial charge on any atom is 0.131 e. The van der Waals surface area contributed by atoms with Gasteiger partial charge in [0.05, 0.1) is 6.33 Å². The highest BCUT2D eigenvalue weighted by atomic mass is 15.1. The number of nitrogens with zero attached hydrogens (tertiary/aromatic N) is 2. The highest BCUT2D eigenvalue weighted by Gasteiger charge is 2.23. The average Bonchev–Trinajstić information content (AvgIpc) is 3.17. The van der Waals surface area contributed by atoms with E-state index in [1.807, 2.05) is 10.6 Å². The Morgan fingerprint density at radius 1 is 1.33 bits per heavy atom. The number of allylic oxidation sites excluding steroid dienone is 1. The lowest BCUT2D eigenvalue weighted by molar-refractivity contribution is 0.833. The van der Waals surface area contributed by atoms with Crippen molar-refractivity contribution in [2.45, 2.75) is 25.3 Å². The fourth-order valence-electron chi connectivity index (χ4n) is 2.23. The third-order valence-corrected chi connectivity index (χ3v) is 3.44. The Morgan fingerprint density at radius 3 is 2.67 bits per heavy atom. The van der Waals surface area contributed by atoms with Gasteiger partial charge in [0, 0.05) is 12.1 Å². The van der Waals surface area contributed by atoms with Crippen LogP contribution in [-0.2, 0) is 6.54 Å². The van der Waals surface area contributed by atoms with Gasteiger partial charge in [-0.15, -0.1) is 6.58 Å². The predicted octanol–water partition coefficient (Wildman–Crippen LogP) is 3.20. The SMILES string of the molecule is C=CCn1cnc(-c2ccc(C3CC3)cc2)c1N. The van der Waals surface area contributed by atoms with Crippen molar-refractivity contribution in [2.75, 3.05) is 5.73 Å². The first kappa shape index (κ1) is 11.1. The molecule has 3 heteroatoms. The van der Waals surface area contributed by atoms with E-state index in [4.69, 9.17) is 5.73 Å². The zero-order valence-electron chi connectivity index (χ0n) is 10.3. The summed E-state index contributed by atoms with van der Waals surface area (Å²) in [5.74, 6) is 1.49. The fourth-order valence-corrected chi connectivity index (χ4v) is 2.23. The van der Waals surface area contributed by atoms with Gasteiger partial charge in [0.25, 0.3) is 0 Å². The van der Waals surface area contributed by atoms with Gasteiger partial charge in [-0.25, -0.2) is 4.98 Å². The molecule has 1 aromatic heterocycles. The molecule has 92 valence electrons. The van der Waals surface area contributed by atoms with Crippen LogP contribution in [0.4, 0.5) is 5.82 Å². The second kappa shape index (κ2) is 4.33. The summed E-state index contributed by atoms with van der Waals surface area (Å²) >= 11 is 0. The normalized spacial score (nSPS) is 14.7. The molecule has 0 unspecified atom stereocenters. The first-order valence-corrected chi connectivity index (χ1v) is 6.31. The molecule has 0 bridgehead atoms. The topological polar surface area (TPSA) is 43.8 Å². The summed E-state index contributed by atoms with van der Waals surface area (Å²) in [6.45, 7) is 4.41. The maximum absolute atomic E-state index is 6.08. The van der Waals surface area contributed by atoms with Crippen LogP contribution in [0.2, 0.25) is 0 Å². The molecular formula is C15H17N3. The number of aromatic nitrogens is 2. The van der Waals surface area contributed by atoms with Gasteiger partial charge in [-0.2, -0.15) is 0 Å². The number of imidazole rings is 1. The van der Waals surface area contributed by atoms with Crippen molar-refractivity contribution < 1.29 is 0 Å². The summed E-state index contributed by atoms with van der Waals surface area (Å²) < 4.78 is 1.90. The second-order valence-corrected chi connectivity index (χ2v) is 4.82. The molecule has 0 spiro atoms. The summed E-state index contributed by atoms with van der Waals surface area (Å²) in [4.78, 5) is 4.38. The molecule has 18 heavy (non-hydrogen) atoms. The molecule has 2 aromatic rings. The van der Waals surface area contributed by atoms with Crippen LogP contribution in [0.25, 0.3) is 11.3 Å². The van der Waals surface area contributed by atoms with E-state index in [0.29, 0.717) is 12.4 Å². The van der Waals surface area contributed by atoms with E-state index in [2.05, 4.69) is 35.8 Å². The van der Waals surface area contributed by atoms with Gasteiger partial charge in [-0.1, -0.05) is 30.3 Å². The number of benzene rings is 1. The van der Waals surface area contributed by atoms with Crippen LogP contribution in [-0.4, -0.2) is 9.55 Å². The van der Waals surface area contributed by atoms with Crippen LogP contribution in [0, 0.1) is 0 Å². The molecule has 1 aliphatic rings. The molecule has 1 heterocycles. The van der Waals surface area contributed by atoms with E-state index in [9.17, 15) is 0 Å². The highest BCUT2D eigenvalue weighted by Crippen LogP contribution is 2.40. The quantitative estimate of drug-likeness (QED) is 0.833. The molecule has 1 aromatic carbocycles. The molecule has 0 aliphatic heterocycles. The zero-order valence-corrected chi connectivity index (χ0v) is 10.3. The number of rotatable bonds is 4. The fraction of sp³-hybridized carbons (Fsp3) is 0.267. The summed E-state index contributed by atoms with van der Waals surface area (Å²) in [5.41, 5.74) is 9.46. The molecular weight excluding hydrogens is 222 g/mol. The Bertz CT molecular complexity index is 562. The van der Waals surface area contributed by atoms with Crippen molar-refractivity contribution in [3.63, 3.8) is 0 Å². The number of hydrogen-bond donors (Lipinski definition) is 1. The molecule has 1 saturated carbocycles. The minimum absolute atomic E-state index is 0.693. The molecule has 0 saturated heterocycles. The van der Waals surface area contributed by atoms with E-state index in [1.54, 1.807) is 6.33 Å². The van der Waals surface area contributed by atoms with Crippen LogP contribution in [0.15, 0.2) is 43.2 Å². The van der Waals surface area contributed by atoms with Crippen molar-refractivity contribution in [1.82, 2.24) is 9.55 Å². The van der Waals surface area contributed by atoms with E-state index in [0.717, 1.165) is 17.2 Å². The summed E-state index contributed by atoms with van der Waals surface area (Å²) in [6.07, 6.45) is 6.24. The third-order valence-electron chi connectivity index (χ3n) is 3.44. The van der Waals surface area contributed by atoms with Gasteiger partial charge in [0.2, 0.25) is 0 Å². The Morgan fingerprint density at radius 2 is 2.06 bits per heavy atom. The molecule has 3 rings (SSSR count). The Hall–Kier alpha value is -2.03. The van der Waals surface area contributed by atoms with Crippen molar-refractivity contribution in [1.29, 1.82) is 0 Å². The van der Waals surface area contributed by atoms with E-state index < -0.39 is 0 Å². The van der Waals surface area contributed by atoms with Crippen molar-refractivity contribution in [3.05, 3.63) is 48.8 Å². The lowest BCUT2D eigenvalue weighted by atomic mass is 10.1. The van der Waals surface area contributed by atoms with E-state index >= 15 is 0 Å². The summed E-state index contributed by atoms with van der Waals surface area (Å²) in [5, 5.41) is 0. The van der Waals surface area contributed by atoms with Gasteiger partial charge in [0.1, 0.15) is 11.5 Å². The van der Waals surface area contributed by atoms with Crippen LogP contribution in [0.1, 0.15) is 24.3 Å². The number of nitrogens with two attached hydrogens (primary N) is 1. The van der Waals surface area contributed by atoms with Gasteiger partial charge in [-0.05, 0) is 24.3 Å². The van der Waals surface area contributed by atoms with Crippen LogP contribution < -0.4 is 5.73 Å². The Kier molecular flexibility index (Phi) is 2.67. The van der Waals surface area contributed by atoms with Crippen molar-refractivity contribution in [3.8, 4) is 11.3 Å². The van der Waals surface area contributed by atoms with Crippen molar-refractivity contribution >= 4 is 5.82 Å². The lowest BCUT2D eigenvalue weighted by Gasteiger charge is -2.04. The van der Waals surface area contributed by atoms with Crippen LogP contribution >= 0.6 is 0 Å². The van der Waals surface area contributed by atoms with Crippen LogP contribution in [0.5, 0.6) is 0 Å². The van der Waals surface area contributed by atoms with Crippen molar-refractivity contribution in [2.24, 2.45) is 0 Å². The molecule has 2 N–H and O–H groups in total. The standard InChI is InChI=1S/C15H17N3/c1-2-9-18-10-17-14(15(18)16)13-7-5-12(6-8-13)11-3-4-11/h2,5-8,10-11H,1,3-4,9,16H2. The molecule has 0 atom stereocenters.